The molecule has 0 aliphatic carbocycles. The molecular weight excluding hydrogens is 353 g/mol. The Labute approximate surface area is 147 Å². The van der Waals surface area contributed by atoms with E-state index in [0.29, 0.717) is 21.3 Å². The highest BCUT2D eigenvalue weighted by Gasteiger charge is 2.11. The zero-order valence-electron chi connectivity index (χ0n) is 11.8. The Morgan fingerprint density at radius 2 is 1.78 bits per heavy atom. The largest absolute Gasteiger partial charge is 0.456 e. The number of carbonyl (C=O) groups is 1. The molecule has 0 saturated carbocycles. The van der Waals surface area contributed by atoms with E-state index in [1.165, 1.54) is 23.5 Å². The van der Waals surface area contributed by atoms with Crippen LogP contribution in [0, 0.1) is 0 Å². The maximum absolute atomic E-state index is 12.0. The van der Waals surface area contributed by atoms with Gasteiger partial charge >= 0.3 is 5.97 Å². The summed E-state index contributed by atoms with van der Waals surface area (Å²) in [4.78, 5) is 16.5. The Hall–Kier alpha value is -1.88. The minimum Gasteiger partial charge on any atom is -0.456 e. The van der Waals surface area contributed by atoms with Crippen LogP contribution in [0.15, 0.2) is 53.9 Å². The third-order valence-corrected chi connectivity index (χ3v) is 4.40. The molecule has 0 fully saturated rings. The standard InChI is InChI=1S/C17H11Cl2NO2S/c18-13-6-12(7-14(19)8-13)17(21)22-9-15-10-23-16(20-15)11-4-2-1-3-5-11/h1-8,10H,9H2. The maximum Gasteiger partial charge on any atom is 0.338 e. The lowest BCUT2D eigenvalue weighted by Crippen LogP contribution is -2.05. The fourth-order valence-corrected chi connectivity index (χ4v) is 3.32. The second-order valence-electron chi connectivity index (χ2n) is 4.74. The van der Waals surface area contributed by atoms with Gasteiger partial charge in [0.15, 0.2) is 0 Å². The highest BCUT2D eigenvalue weighted by atomic mass is 35.5. The van der Waals surface area contributed by atoms with Crippen molar-refractivity contribution in [2.75, 3.05) is 0 Å². The Morgan fingerprint density at radius 1 is 1.09 bits per heavy atom. The van der Waals surface area contributed by atoms with E-state index in [9.17, 15) is 4.79 Å². The summed E-state index contributed by atoms with van der Waals surface area (Å²) in [5.74, 6) is -0.483. The van der Waals surface area contributed by atoms with Crippen LogP contribution in [-0.2, 0) is 11.3 Å². The molecule has 0 atom stereocenters. The van der Waals surface area contributed by atoms with Gasteiger partial charge in [0.1, 0.15) is 11.6 Å². The van der Waals surface area contributed by atoms with Crippen LogP contribution < -0.4 is 0 Å². The summed E-state index contributed by atoms with van der Waals surface area (Å²) in [6, 6.07) is 14.4. The molecule has 2 aromatic carbocycles. The lowest BCUT2D eigenvalue weighted by atomic mass is 10.2. The summed E-state index contributed by atoms with van der Waals surface area (Å²) >= 11 is 13.3. The third kappa shape index (κ3) is 4.10. The normalized spacial score (nSPS) is 10.5. The lowest BCUT2D eigenvalue weighted by molar-refractivity contribution is 0.0468. The molecule has 0 amide bonds. The first-order chi connectivity index (χ1) is 11.1. The number of carbonyl (C=O) groups excluding carboxylic acids is 1. The maximum atomic E-state index is 12.0. The molecule has 23 heavy (non-hydrogen) atoms. The molecule has 0 aliphatic heterocycles. The van der Waals surface area contributed by atoms with Gasteiger partial charge < -0.3 is 4.74 Å². The number of benzene rings is 2. The van der Waals surface area contributed by atoms with Crippen LogP contribution in [0.1, 0.15) is 16.1 Å². The van der Waals surface area contributed by atoms with Crippen LogP contribution >= 0.6 is 34.5 Å². The summed E-state index contributed by atoms with van der Waals surface area (Å²) in [5, 5.41) is 3.55. The van der Waals surface area contributed by atoms with E-state index in [1.54, 1.807) is 6.07 Å². The number of hydrogen-bond donors (Lipinski definition) is 0. The van der Waals surface area contributed by atoms with Gasteiger partial charge in [-0.25, -0.2) is 9.78 Å². The first-order valence-electron chi connectivity index (χ1n) is 6.75. The summed E-state index contributed by atoms with van der Waals surface area (Å²) in [6.45, 7) is 0.103. The minimum atomic E-state index is -0.483. The van der Waals surface area contributed by atoms with Crippen LogP contribution in [0.3, 0.4) is 0 Å². The lowest BCUT2D eigenvalue weighted by Gasteiger charge is -2.04. The molecule has 0 spiro atoms. The Morgan fingerprint density at radius 3 is 2.48 bits per heavy atom. The predicted octanol–water partition coefficient (Wildman–Crippen LogP) is 5.47. The SMILES string of the molecule is O=C(OCc1csc(-c2ccccc2)n1)c1cc(Cl)cc(Cl)c1. The smallest absolute Gasteiger partial charge is 0.338 e. The van der Waals surface area contributed by atoms with Gasteiger partial charge in [-0.05, 0) is 18.2 Å². The quantitative estimate of drug-likeness (QED) is 0.576. The van der Waals surface area contributed by atoms with Crippen molar-refractivity contribution >= 4 is 40.5 Å². The van der Waals surface area contributed by atoms with Crippen molar-refractivity contribution in [2.24, 2.45) is 0 Å². The van der Waals surface area contributed by atoms with Crippen LogP contribution in [0.25, 0.3) is 10.6 Å². The minimum absolute atomic E-state index is 0.103. The van der Waals surface area contributed by atoms with Crippen molar-refractivity contribution in [3.63, 3.8) is 0 Å². The van der Waals surface area contributed by atoms with Crippen molar-refractivity contribution in [1.29, 1.82) is 0 Å². The predicted molar refractivity (Wildman–Crippen MR) is 93.1 cm³/mol. The first kappa shape index (κ1) is 16.0. The molecule has 116 valence electrons. The number of rotatable bonds is 4. The Kier molecular flexibility index (Phi) is 4.96. The topological polar surface area (TPSA) is 39.2 Å². The second-order valence-corrected chi connectivity index (χ2v) is 6.48. The molecule has 1 aromatic heterocycles. The molecular formula is C17H11Cl2NO2S. The molecule has 0 aliphatic rings. The van der Waals surface area contributed by atoms with Crippen LogP contribution in [-0.4, -0.2) is 11.0 Å². The number of aromatic nitrogens is 1. The molecule has 0 N–H and O–H groups in total. The van der Waals surface area contributed by atoms with Crippen molar-refractivity contribution in [2.45, 2.75) is 6.61 Å². The summed E-state index contributed by atoms with van der Waals surface area (Å²) in [6.07, 6.45) is 0. The van der Waals surface area contributed by atoms with Gasteiger partial charge in [0.25, 0.3) is 0 Å². The van der Waals surface area contributed by atoms with Gasteiger partial charge in [0, 0.05) is 21.0 Å². The number of hydrogen-bond acceptors (Lipinski definition) is 4. The fraction of sp³-hybridized carbons (Fsp3) is 0.0588. The second kappa shape index (κ2) is 7.13. The van der Waals surface area contributed by atoms with Gasteiger partial charge in [0.05, 0.1) is 11.3 Å². The molecule has 3 nitrogen and oxygen atoms in total. The number of halogens is 2. The summed E-state index contributed by atoms with van der Waals surface area (Å²) in [7, 11) is 0. The van der Waals surface area contributed by atoms with E-state index >= 15 is 0 Å². The molecule has 0 saturated heterocycles. The average molecular weight is 364 g/mol. The molecule has 6 heteroatoms. The van der Waals surface area contributed by atoms with E-state index in [4.69, 9.17) is 27.9 Å². The zero-order valence-corrected chi connectivity index (χ0v) is 14.2. The van der Waals surface area contributed by atoms with Gasteiger partial charge in [-0.1, -0.05) is 53.5 Å². The Balaban J connectivity index is 1.67. The Bertz CT molecular complexity index is 813. The fourth-order valence-electron chi connectivity index (χ4n) is 1.98. The molecule has 3 rings (SSSR count). The molecule has 3 aromatic rings. The third-order valence-electron chi connectivity index (χ3n) is 3.02. The number of ether oxygens (including phenoxy) is 1. The highest BCUT2D eigenvalue weighted by molar-refractivity contribution is 7.13. The van der Waals surface area contributed by atoms with Crippen molar-refractivity contribution in [3.8, 4) is 10.6 Å². The zero-order chi connectivity index (χ0) is 16.2. The van der Waals surface area contributed by atoms with Crippen LogP contribution in [0.2, 0.25) is 10.0 Å². The number of thiazole rings is 1. The van der Waals surface area contributed by atoms with Crippen LogP contribution in [0.4, 0.5) is 0 Å². The van der Waals surface area contributed by atoms with E-state index in [0.717, 1.165) is 10.6 Å². The number of nitrogens with zero attached hydrogens (tertiary/aromatic N) is 1. The van der Waals surface area contributed by atoms with Crippen molar-refractivity contribution < 1.29 is 9.53 Å². The summed E-state index contributed by atoms with van der Waals surface area (Å²) < 4.78 is 5.26. The van der Waals surface area contributed by atoms with Crippen molar-refractivity contribution in [3.05, 3.63) is 75.2 Å². The van der Waals surface area contributed by atoms with Crippen LogP contribution in [0.5, 0.6) is 0 Å². The van der Waals surface area contributed by atoms with E-state index < -0.39 is 5.97 Å². The molecule has 0 radical (unpaired) electrons. The van der Waals surface area contributed by atoms with E-state index in [2.05, 4.69) is 4.98 Å². The molecule has 1 heterocycles. The highest BCUT2D eigenvalue weighted by Crippen LogP contribution is 2.24. The van der Waals surface area contributed by atoms with Gasteiger partial charge in [0.2, 0.25) is 0 Å². The van der Waals surface area contributed by atoms with E-state index in [-0.39, 0.29) is 6.61 Å². The number of esters is 1. The first-order valence-corrected chi connectivity index (χ1v) is 8.38. The van der Waals surface area contributed by atoms with E-state index in [1.807, 2.05) is 35.7 Å². The van der Waals surface area contributed by atoms with Crippen molar-refractivity contribution in [1.82, 2.24) is 4.98 Å². The van der Waals surface area contributed by atoms with Gasteiger partial charge in [-0.2, -0.15) is 0 Å². The monoisotopic (exact) mass is 363 g/mol. The molecule has 0 unspecified atom stereocenters. The van der Waals surface area contributed by atoms with Gasteiger partial charge in [-0.15, -0.1) is 11.3 Å². The average Bonchev–Trinajstić information content (AvgIpc) is 3.01. The van der Waals surface area contributed by atoms with Gasteiger partial charge in [-0.3, -0.25) is 0 Å². The molecule has 0 bridgehead atoms. The summed E-state index contributed by atoms with van der Waals surface area (Å²) in [5.41, 5.74) is 2.06.